The number of aromatic nitrogens is 2. The number of aryl methyl sites for hydroxylation is 1. The number of H-pyrrole nitrogens is 1. The molecule has 0 saturated carbocycles. The third-order valence-electron chi connectivity index (χ3n) is 2.60. The number of ether oxygens (including phenoxy) is 1. The van der Waals surface area contributed by atoms with Gasteiger partial charge in [-0.3, -0.25) is 19.9 Å². The summed E-state index contributed by atoms with van der Waals surface area (Å²) < 4.78 is 31.4. The summed E-state index contributed by atoms with van der Waals surface area (Å²) in [5.41, 5.74) is 0.243. The van der Waals surface area contributed by atoms with Gasteiger partial charge in [0.15, 0.2) is 11.6 Å². The lowest BCUT2D eigenvalue weighted by atomic mass is 10.3. The Morgan fingerprint density at radius 3 is 2.62 bits per heavy atom. The van der Waals surface area contributed by atoms with Crippen molar-refractivity contribution in [2.45, 2.75) is 11.8 Å². The Morgan fingerprint density at radius 1 is 1.38 bits per heavy atom. The minimum atomic E-state index is -3.97. The fourth-order valence-corrected chi connectivity index (χ4v) is 2.66. The second kappa shape index (κ2) is 5.40. The summed E-state index contributed by atoms with van der Waals surface area (Å²) >= 11 is 0. The van der Waals surface area contributed by atoms with Crippen molar-refractivity contribution < 1.29 is 18.1 Å². The molecule has 0 aliphatic heterocycles. The summed E-state index contributed by atoms with van der Waals surface area (Å²) in [5, 5.41) is 17.2. The van der Waals surface area contributed by atoms with Crippen molar-refractivity contribution >= 4 is 21.5 Å². The van der Waals surface area contributed by atoms with E-state index in [4.69, 9.17) is 4.74 Å². The van der Waals surface area contributed by atoms with Gasteiger partial charge in [0, 0.05) is 17.8 Å². The minimum Gasteiger partial charge on any atom is -0.490 e. The molecule has 2 rings (SSSR count). The highest BCUT2D eigenvalue weighted by atomic mass is 32.2. The third-order valence-corrected chi connectivity index (χ3v) is 3.95. The summed E-state index contributed by atoms with van der Waals surface area (Å²) in [5.74, 6) is 0.0838. The van der Waals surface area contributed by atoms with Crippen molar-refractivity contribution in [1.82, 2.24) is 10.2 Å². The molecule has 1 aromatic heterocycles. The van der Waals surface area contributed by atoms with Gasteiger partial charge in [0.1, 0.15) is 0 Å². The Morgan fingerprint density at radius 2 is 2.10 bits per heavy atom. The van der Waals surface area contributed by atoms with Crippen LogP contribution in [0, 0.1) is 17.0 Å². The lowest BCUT2D eigenvalue weighted by Gasteiger charge is -2.07. The standard InChI is InChI=1S/C11H12N4O5S/c1-7-5-11(13-12-7)14-21(18,19)8-3-4-10(20-2)9(6-8)15(16)17/h3-6H,1-2H3,(H2,12,13,14). The van der Waals surface area contributed by atoms with Crippen LogP contribution in [-0.2, 0) is 10.0 Å². The van der Waals surface area contributed by atoms with E-state index in [-0.39, 0.29) is 16.5 Å². The molecule has 2 N–H and O–H groups in total. The molecule has 0 saturated heterocycles. The van der Waals surface area contributed by atoms with E-state index in [9.17, 15) is 18.5 Å². The Balaban J connectivity index is 2.40. The van der Waals surface area contributed by atoms with Gasteiger partial charge in [0.25, 0.3) is 10.0 Å². The first-order valence-electron chi connectivity index (χ1n) is 5.71. The molecule has 0 aliphatic carbocycles. The molecule has 0 unspecified atom stereocenters. The number of sulfonamides is 1. The molecule has 0 fully saturated rings. The second-order valence-corrected chi connectivity index (χ2v) is 5.81. The molecular weight excluding hydrogens is 300 g/mol. The maximum Gasteiger partial charge on any atom is 0.312 e. The Labute approximate surface area is 120 Å². The molecule has 9 nitrogen and oxygen atoms in total. The van der Waals surface area contributed by atoms with Crippen LogP contribution >= 0.6 is 0 Å². The highest BCUT2D eigenvalue weighted by molar-refractivity contribution is 7.92. The number of nitro benzene ring substituents is 1. The zero-order chi connectivity index (χ0) is 15.6. The maximum absolute atomic E-state index is 12.2. The van der Waals surface area contributed by atoms with Crippen LogP contribution in [0.1, 0.15) is 5.69 Å². The molecule has 0 spiro atoms. The lowest BCUT2D eigenvalue weighted by molar-refractivity contribution is -0.386. The van der Waals surface area contributed by atoms with Crippen molar-refractivity contribution in [2.24, 2.45) is 0 Å². The average Bonchev–Trinajstić information content (AvgIpc) is 2.82. The molecular formula is C11H12N4O5S. The van der Waals surface area contributed by atoms with Gasteiger partial charge in [-0.05, 0) is 19.1 Å². The van der Waals surface area contributed by atoms with Crippen LogP contribution < -0.4 is 9.46 Å². The van der Waals surface area contributed by atoms with Gasteiger partial charge in [-0.1, -0.05) is 0 Å². The number of hydrogen-bond donors (Lipinski definition) is 2. The first kappa shape index (κ1) is 14.8. The van der Waals surface area contributed by atoms with Crippen LogP contribution in [0.25, 0.3) is 0 Å². The highest BCUT2D eigenvalue weighted by Crippen LogP contribution is 2.29. The zero-order valence-corrected chi connectivity index (χ0v) is 12.0. The van der Waals surface area contributed by atoms with E-state index in [1.165, 1.54) is 25.3 Å². The van der Waals surface area contributed by atoms with Crippen molar-refractivity contribution in [3.8, 4) is 5.75 Å². The molecule has 112 valence electrons. The van der Waals surface area contributed by atoms with Crippen molar-refractivity contribution in [1.29, 1.82) is 0 Å². The van der Waals surface area contributed by atoms with Gasteiger partial charge in [-0.15, -0.1) is 0 Å². The molecule has 2 aromatic rings. The number of nitro groups is 1. The number of methoxy groups -OCH3 is 1. The van der Waals surface area contributed by atoms with Crippen LogP contribution in [0.15, 0.2) is 29.2 Å². The van der Waals surface area contributed by atoms with E-state index < -0.39 is 20.6 Å². The Kier molecular flexibility index (Phi) is 3.80. The van der Waals surface area contributed by atoms with Gasteiger partial charge < -0.3 is 4.74 Å². The van der Waals surface area contributed by atoms with Gasteiger partial charge in [-0.2, -0.15) is 5.10 Å². The van der Waals surface area contributed by atoms with Gasteiger partial charge in [0.2, 0.25) is 0 Å². The van der Waals surface area contributed by atoms with Crippen molar-refractivity contribution in [2.75, 3.05) is 11.8 Å². The van der Waals surface area contributed by atoms with E-state index in [1.807, 2.05) is 0 Å². The molecule has 10 heteroatoms. The monoisotopic (exact) mass is 312 g/mol. The number of anilines is 1. The first-order valence-corrected chi connectivity index (χ1v) is 7.19. The topological polar surface area (TPSA) is 127 Å². The summed E-state index contributed by atoms with van der Waals surface area (Å²) in [6, 6.07) is 4.87. The SMILES string of the molecule is COc1ccc(S(=O)(=O)Nc2cc(C)[nH]n2)cc1[N+](=O)[O-]. The predicted octanol–water partition coefficient (Wildman–Crippen LogP) is 1.44. The van der Waals surface area contributed by atoms with Gasteiger partial charge >= 0.3 is 5.69 Å². The molecule has 0 atom stereocenters. The largest absolute Gasteiger partial charge is 0.490 e. The second-order valence-electron chi connectivity index (χ2n) is 4.13. The molecule has 0 bridgehead atoms. The van der Waals surface area contributed by atoms with Gasteiger partial charge in [0.05, 0.1) is 16.9 Å². The normalized spacial score (nSPS) is 11.1. The summed E-state index contributed by atoms with van der Waals surface area (Å²) in [6.45, 7) is 1.71. The summed E-state index contributed by atoms with van der Waals surface area (Å²) in [7, 11) is -2.71. The number of rotatable bonds is 5. The molecule has 1 aromatic carbocycles. The number of nitrogens with one attached hydrogen (secondary N) is 2. The average molecular weight is 312 g/mol. The zero-order valence-electron chi connectivity index (χ0n) is 11.2. The summed E-state index contributed by atoms with van der Waals surface area (Å²) in [4.78, 5) is 9.95. The molecule has 0 radical (unpaired) electrons. The number of hydrogen-bond acceptors (Lipinski definition) is 6. The fourth-order valence-electron chi connectivity index (χ4n) is 1.65. The van der Waals surface area contributed by atoms with E-state index >= 15 is 0 Å². The van der Waals surface area contributed by atoms with Crippen LogP contribution in [0.5, 0.6) is 5.75 Å². The molecule has 21 heavy (non-hydrogen) atoms. The van der Waals surface area contributed by atoms with Crippen LogP contribution in [0.4, 0.5) is 11.5 Å². The number of benzene rings is 1. The Hall–Kier alpha value is -2.62. The highest BCUT2D eigenvalue weighted by Gasteiger charge is 2.22. The van der Waals surface area contributed by atoms with Crippen molar-refractivity contribution in [3.63, 3.8) is 0 Å². The lowest BCUT2D eigenvalue weighted by Crippen LogP contribution is -2.13. The van der Waals surface area contributed by atoms with E-state index in [0.29, 0.717) is 5.69 Å². The van der Waals surface area contributed by atoms with E-state index in [0.717, 1.165) is 6.07 Å². The maximum atomic E-state index is 12.2. The Bertz CT molecular complexity index is 784. The third kappa shape index (κ3) is 3.11. The molecule has 1 heterocycles. The smallest absolute Gasteiger partial charge is 0.312 e. The van der Waals surface area contributed by atoms with Crippen LogP contribution in [0.3, 0.4) is 0 Å². The number of nitrogens with zero attached hydrogens (tertiary/aromatic N) is 2. The quantitative estimate of drug-likeness (QED) is 0.635. The van der Waals surface area contributed by atoms with E-state index in [2.05, 4.69) is 14.9 Å². The number of aromatic amines is 1. The molecule has 0 aliphatic rings. The predicted molar refractivity (Wildman–Crippen MR) is 73.8 cm³/mol. The molecule has 0 amide bonds. The minimum absolute atomic E-state index is 0.0189. The summed E-state index contributed by atoms with van der Waals surface area (Å²) in [6.07, 6.45) is 0. The van der Waals surface area contributed by atoms with Crippen LogP contribution in [0.2, 0.25) is 0 Å². The first-order chi connectivity index (χ1) is 9.83. The van der Waals surface area contributed by atoms with Crippen molar-refractivity contribution in [3.05, 3.63) is 40.1 Å². The fraction of sp³-hybridized carbons (Fsp3) is 0.182. The van der Waals surface area contributed by atoms with Gasteiger partial charge in [-0.25, -0.2) is 8.42 Å². The van der Waals surface area contributed by atoms with Crippen LogP contribution in [-0.4, -0.2) is 30.6 Å². The van der Waals surface area contributed by atoms with E-state index in [1.54, 1.807) is 6.92 Å².